The van der Waals surface area contributed by atoms with Gasteiger partial charge in [0.25, 0.3) is 0 Å². The Balaban J connectivity index is 3.16. The molecule has 0 heterocycles. The summed E-state index contributed by atoms with van der Waals surface area (Å²) >= 11 is 3.20. The average molecular weight is 271 g/mol. The summed E-state index contributed by atoms with van der Waals surface area (Å²) in [7, 11) is 0. The zero-order valence-electron chi connectivity index (χ0n) is 7.48. The lowest BCUT2D eigenvalue weighted by Crippen LogP contribution is -2.02. The minimum Gasteiger partial charge on any atom is -0.478 e. The largest absolute Gasteiger partial charge is 0.478 e. The number of benzene rings is 1. The molecule has 0 atom stereocenters. The van der Waals surface area contributed by atoms with Crippen LogP contribution in [0, 0.1) is 0 Å². The van der Waals surface area contributed by atoms with Crippen molar-refractivity contribution in [1.82, 2.24) is 0 Å². The molecule has 1 rings (SSSR count). The van der Waals surface area contributed by atoms with Crippen LogP contribution in [-0.2, 0) is 9.59 Å². The summed E-state index contributed by atoms with van der Waals surface area (Å²) in [5, 5.41) is 17.3. The van der Waals surface area contributed by atoms with Crippen LogP contribution in [0.5, 0.6) is 0 Å². The summed E-state index contributed by atoms with van der Waals surface area (Å²) < 4.78 is 0.798. The standard InChI is InChI=1S/C10H7BrO4/c11-7-3-1-6(2-4-7)8(10(14)15)5-9(12)13/h1-5H,(H,12,13)(H,14,15). The van der Waals surface area contributed by atoms with E-state index in [1.54, 1.807) is 12.1 Å². The van der Waals surface area contributed by atoms with E-state index in [4.69, 9.17) is 10.2 Å². The van der Waals surface area contributed by atoms with Crippen molar-refractivity contribution in [1.29, 1.82) is 0 Å². The lowest BCUT2D eigenvalue weighted by atomic mass is 10.1. The van der Waals surface area contributed by atoms with E-state index in [0.717, 1.165) is 4.47 Å². The van der Waals surface area contributed by atoms with Gasteiger partial charge in [0.2, 0.25) is 0 Å². The van der Waals surface area contributed by atoms with E-state index in [9.17, 15) is 9.59 Å². The zero-order valence-corrected chi connectivity index (χ0v) is 9.06. The number of carboxylic acids is 2. The molecule has 15 heavy (non-hydrogen) atoms. The third kappa shape index (κ3) is 3.21. The molecule has 0 unspecified atom stereocenters. The first-order chi connectivity index (χ1) is 7.00. The van der Waals surface area contributed by atoms with Gasteiger partial charge in [0.15, 0.2) is 0 Å². The van der Waals surface area contributed by atoms with Gasteiger partial charge in [-0.3, -0.25) is 0 Å². The highest BCUT2D eigenvalue weighted by molar-refractivity contribution is 9.10. The molecule has 0 aliphatic heterocycles. The highest BCUT2D eigenvalue weighted by atomic mass is 79.9. The Morgan fingerprint density at radius 1 is 1.13 bits per heavy atom. The topological polar surface area (TPSA) is 74.6 Å². The van der Waals surface area contributed by atoms with Crippen molar-refractivity contribution in [3.05, 3.63) is 40.4 Å². The summed E-state index contributed by atoms with van der Waals surface area (Å²) in [6.07, 6.45) is 0.672. The van der Waals surface area contributed by atoms with Gasteiger partial charge in [-0.05, 0) is 17.7 Å². The van der Waals surface area contributed by atoms with Gasteiger partial charge in [-0.1, -0.05) is 28.1 Å². The van der Waals surface area contributed by atoms with E-state index in [1.165, 1.54) is 12.1 Å². The predicted molar refractivity (Wildman–Crippen MR) is 57.4 cm³/mol. The normalized spacial score (nSPS) is 11.1. The number of carbonyl (C=O) groups is 2. The van der Waals surface area contributed by atoms with Crippen molar-refractivity contribution in [2.24, 2.45) is 0 Å². The molecule has 0 fully saturated rings. The minimum atomic E-state index is -1.28. The van der Waals surface area contributed by atoms with Crippen LogP contribution in [0.25, 0.3) is 5.57 Å². The highest BCUT2D eigenvalue weighted by Gasteiger charge is 2.11. The summed E-state index contributed by atoms with van der Waals surface area (Å²) in [6.45, 7) is 0. The molecule has 0 bridgehead atoms. The van der Waals surface area contributed by atoms with Gasteiger partial charge in [-0.15, -0.1) is 0 Å². The Bertz CT molecular complexity index is 420. The van der Waals surface area contributed by atoms with Gasteiger partial charge in [-0.25, -0.2) is 9.59 Å². The fourth-order valence-corrected chi connectivity index (χ4v) is 1.29. The molecule has 0 saturated carbocycles. The average Bonchev–Trinajstić information content (AvgIpc) is 2.15. The summed E-state index contributed by atoms with van der Waals surface area (Å²) in [5.41, 5.74) is 0.114. The first kappa shape index (κ1) is 11.5. The van der Waals surface area contributed by atoms with E-state index in [-0.39, 0.29) is 5.57 Å². The highest BCUT2D eigenvalue weighted by Crippen LogP contribution is 2.18. The van der Waals surface area contributed by atoms with Gasteiger partial charge in [0.05, 0.1) is 5.57 Å². The zero-order chi connectivity index (χ0) is 11.4. The maximum Gasteiger partial charge on any atom is 0.336 e. The second-order valence-electron chi connectivity index (χ2n) is 2.71. The maximum absolute atomic E-state index is 10.8. The number of carboxylic acid groups (broad SMARTS) is 2. The van der Waals surface area contributed by atoms with Crippen LogP contribution < -0.4 is 0 Å². The van der Waals surface area contributed by atoms with E-state index in [1.807, 2.05) is 0 Å². The fourth-order valence-electron chi connectivity index (χ4n) is 1.02. The fraction of sp³-hybridized carbons (Fsp3) is 0. The van der Waals surface area contributed by atoms with E-state index < -0.39 is 11.9 Å². The molecule has 0 spiro atoms. The van der Waals surface area contributed by atoms with Gasteiger partial charge in [-0.2, -0.15) is 0 Å². The summed E-state index contributed by atoms with van der Waals surface area (Å²) in [5.74, 6) is -2.55. The summed E-state index contributed by atoms with van der Waals surface area (Å²) in [4.78, 5) is 21.2. The number of halogens is 1. The molecule has 0 aliphatic carbocycles. The van der Waals surface area contributed by atoms with Crippen molar-refractivity contribution in [2.45, 2.75) is 0 Å². The molecule has 0 radical (unpaired) electrons. The quantitative estimate of drug-likeness (QED) is 0.824. The number of hydrogen-bond acceptors (Lipinski definition) is 2. The lowest BCUT2D eigenvalue weighted by Gasteiger charge is -2.01. The van der Waals surface area contributed by atoms with Crippen LogP contribution in [0.1, 0.15) is 5.56 Å². The second kappa shape index (κ2) is 4.75. The Hall–Kier alpha value is -1.62. The Morgan fingerprint density at radius 2 is 1.67 bits per heavy atom. The number of rotatable bonds is 3. The van der Waals surface area contributed by atoms with Crippen molar-refractivity contribution in [2.75, 3.05) is 0 Å². The Kier molecular flexibility index (Phi) is 3.62. The number of aliphatic carboxylic acids is 2. The van der Waals surface area contributed by atoms with Crippen LogP contribution in [0.15, 0.2) is 34.8 Å². The van der Waals surface area contributed by atoms with Gasteiger partial charge >= 0.3 is 11.9 Å². The molecule has 0 saturated heterocycles. The van der Waals surface area contributed by atoms with E-state index >= 15 is 0 Å². The first-order valence-corrected chi connectivity index (χ1v) is 4.74. The first-order valence-electron chi connectivity index (χ1n) is 3.94. The molecule has 2 N–H and O–H groups in total. The lowest BCUT2D eigenvalue weighted by molar-refractivity contribution is -0.133. The maximum atomic E-state index is 10.8. The third-order valence-electron chi connectivity index (χ3n) is 1.65. The Morgan fingerprint density at radius 3 is 2.07 bits per heavy atom. The van der Waals surface area contributed by atoms with Crippen LogP contribution in [-0.4, -0.2) is 22.2 Å². The molecule has 0 amide bonds. The van der Waals surface area contributed by atoms with Crippen molar-refractivity contribution in [3.8, 4) is 0 Å². The molecule has 4 nitrogen and oxygen atoms in total. The van der Waals surface area contributed by atoms with Crippen LogP contribution in [0.2, 0.25) is 0 Å². The van der Waals surface area contributed by atoms with Gasteiger partial charge in [0, 0.05) is 10.5 Å². The molecule has 1 aromatic rings. The number of hydrogen-bond donors (Lipinski definition) is 2. The molecule has 78 valence electrons. The molecule has 0 aromatic heterocycles. The smallest absolute Gasteiger partial charge is 0.336 e. The van der Waals surface area contributed by atoms with Gasteiger partial charge < -0.3 is 10.2 Å². The predicted octanol–water partition coefficient (Wildman–Crippen LogP) is 2.00. The van der Waals surface area contributed by atoms with Crippen LogP contribution in [0.4, 0.5) is 0 Å². The van der Waals surface area contributed by atoms with Crippen molar-refractivity contribution in [3.63, 3.8) is 0 Å². The Labute approximate surface area is 94.0 Å². The van der Waals surface area contributed by atoms with Crippen LogP contribution >= 0.6 is 15.9 Å². The molecule has 5 heteroatoms. The second-order valence-corrected chi connectivity index (χ2v) is 3.62. The monoisotopic (exact) mass is 270 g/mol. The molecular weight excluding hydrogens is 264 g/mol. The third-order valence-corrected chi connectivity index (χ3v) is 2.18. The van der Waals surface area contributed by atoms with Crippen molar-refractivity contribution >= 4 is 33.4 Å². The van der Waals surface area contributed by atoms with E-state index in [2.05, 4.69) is 15.9 Å². The minimum absolute atomic E-state index is 0.241. The van der Waals surface area contributed by atoms with Crippen molar-refractivity contribution < 1.29 is 19.8 Å². The summed E-state index contributed by atoms with van der Waals surface area (Å²) in [6, 6.07) is 6.36. The molecule has 1 aromatic carbocycles. The van der Waals surface area contributed by atoms with Gasteiger partial charge in [0.1, 0.15) is 0 Å². The van der Waals surface area contributed by atoms with Crippen LogP contribution in [0.3, 0.4) is 0 Å². The molecule has 0 aliphatic rings. The molecular formula is C10H7BrO4. The SMILES string of the molecule is O=C(O)C=C(C(=O)O)c1ccc(Br)cc1. The van der Waals surface area contributed by atoms with E-state index in [0.29, 0.717) is 11.6 Å².